The van der Waals surface area contributed by atoms with Crippen LogP contribution in [0.5, 0.6) is 0 Å². The highest BCUT2D eigenvalue weighted by Crippen LogP contribution is 2.17. The first-order valence-corrected chi connectivity index (χ1v) is 8.16. The average molecular weight is 254 g/mol. The number of nitrogens with zero attached hydrogens (tertiary/aromatic N) is 1. The molecule has 0 bridgehead atoms. The molecule has 0 spiro atoms. The Morgan fingerprint density at radius 2 is 1.89 bits per heavy atom. The fourth-order valence-electron chi connectivity index (χ4n) is 2.96. The van der Waals surface area contributed by atoms with E-state index in [9.17, 15) is 0 Å². The number of unbranched alkanes of at least 4 members (excludes halogenated alkanes) is 3. The molecule has 0 amide bonds. The predicted molar refractivity (Wildman–Crippen MR) is 81.0 cm³/mol. The van der Waals surface area contributed by atoms with E-state index in [-0.39, 0.29) is 0 Å². The number of nitrogens with one attached hydrogen (secondary N) is 1. The molecule has 2 nitrogen and oxygen atoms in total. The van der Waals surface area contributed by atoms with Gasteiger partial charge in [0.2, 0.25) is 0 Å². The Bertz CT molecular complexity index is 203. The van der Waals surface area contributed by atoms with Gasteiger partial charge in [-0.3, -0.25) is 4.90 Å². The number of piperazine rings is 1. The maximum Gasteiger partial charge on any atom is 0.0221 e. The van der Waals surface area contributed by atoms with Gasteiger partial charge < -0.3 is 5.32 Å². The summed E-state index contributed by atoms with van der Waals surface area (Å²) in [7, 11) is 0. The molecule has 0 saturated carbocycles. The SMILES string of the molecule is CCCCCCN1CC(C(C)C)NCC1CCC. The first-order chi connectivity index (χ1) is 8.69. The molecule has 0 radical (unpaired) electrons. The lowest BCUT2D eigenvalue weighted by Crippen LogP contribution is -2.58. The van der Waals surface area contributed by atoms with Gasteiger partial charge in [0.15, 0.2) is 0 Å². The summed E-state index contributed by atoms with van der Waals surface area (Å²) in [4.78, 5) is 2.76. The van der Waals surface area contributed by atoms with Crippen LogP contribution in [-0.2, 0) is 0 Å². The Morgan fingerprint density at radius 3 is 2.50 bits per heavy atom. The van der Waals surface area contributed by atoms with Crippen LogP contribution in [0.25, 0.3) is 0 Å². The van der Waals surface area contributed by atoms with E-state index in [1.165, 1.54) is 58.2 Å². The number of hydrogen-bond donors (Lipinski definition) is 1. The van der Waals surface area contributed by atoms with E-state index in [4.69, 9.17) is 0 Å². The molecule has 0 aromatic heterocycles. The van der Waals surface area contributed by atoms with Crippen molar-refractivity contribution >= 4 is 0 Å². The van der Waals surface area contributed by atoms with Crippen molar-refractivity contribution in [1.82, 2.24) is 10.2 Å². The molecule has 1 N–H and O–H groups in total. The van der Waals surface area contributed by atoms with Crippen LogP contribution in [0.15, 0.2) is 0 Å². The molecule has 1 rings (SSSR count). The average Bonchev–Trinajstić information content (AvgIpc) is 2.36. The van der Waals surface area contributed by atoms with Crippen LogP contribution in [0.1, 0.15) is 66.2 Å². The fourth-order valence-corrected chi connectivity index (χ4v) is 2.96. The van der Waals surface area contributed by atoms with Crippen LogP contribution >= 0.6 is 0 Å². The topological polar surface area (TPSA) is 15.3 Å². The lowest BCUT2D eigenvalue weighted by molar-refractivity contribution is 0.105. The third kappa shape index (κ3) is 5.27. The van der Waals surface area contributed by atoms with Gasteiger partial charge in [0.05, 0.1) is 0 Å². The maximum absolute atomic E-state index is 3.74. The summed E-state index contributed by atoms with van der Waals surface area (Å²) < 4.78 is 0. The highest BCUT2D eigenvalue weighted by molar-refractivity contribution is 4.87. The van der Waals surface area contributed by atoms with Crippen molar-refractivity contribution in [2.24, 2.45) is 5.92 Å². The second kappa shape index (κ2) is 8.92. The van der Waals surface area contributed by atoms with Crippen molar-refractivity contribution in [3.05, 3.63) is 0 Å². The molecule has 0 aromatic rings. The van der Waals surface area contributed by atoms with E-state index in [1.54, 1.807) is 0 Å². The van der Waals surface area contributed by atoms with Gasteiger partial charge in [0, 0.05) is 25.2 Å². The highest BCUT2D eigenvalue weighted by Gasteiger charge is 2.28. The summed E-state index contributed by atoms with van der Waals surface area (Å²) in [5.41, 5.74) is 0. The van der Waals surface area contributed by atoms with Crippen molar-refractivity contribution in [2.75, 3.05) is 19.6 Å². The summed E-state index contributed by atoms with van der Waals surface area (Å²) in [5.74, 6) is 0.755. The van der Waals surface area contributed by atoms with Gasteiger partial charge in [0.1, 0.15) is 0 Å². The summed E-state index contributed by atoms with van der Waals surface area (Å²) in [6.45, 7) is 13.1. The molecule has 1 aliphatic rings. The molecule has 2 unspecified atom stereocenters. The van der Waals surface area contributed by atoms with Crippen LogP contribution in [0, 0.1) is 5.92 Å². The molecule has 1 heterocycles. The van der Waals surface area contributed by atoms with Gasteiger partial charge in [-0.1, -0.05) is 53.4 Å². The minimum absolute atomic E-state index is 0.698. The first-order valence-electron chi connectivity index (χ1n) is 8.16. The number of rotatable bonds is 8. The third-order valence-electron chi connectivity index (χ3n) is 4.29. The quantitative estimate of drug-likeness (QED) is 0.665. The van der Waals surface area contributed by atoms with Gasteiger partial charge in [-0.25, -0.2) is 0 Å². The van der Waals surface area contributed by atoms with Crippen LogP contribution in [0.4, 0.5) is 0 Å². The van der Waals surface area contributed by atoms with Gasteiger partial charge in [-0.15, -0.1) is 0 Å². The van der Waals surface area contributed by atoms with E-state index in [1.807, 2.05) is 0 Å². The maximum atomic E-state index is 3.74. The zero-order valence-corrected chi connectivity index (χ0v) is 13.0. The van der Waals surface area contributed by atoms with Crippen molar-refractivity contribution in [1.29, 1.82) is 0 Å². The smallest absolute Gasteiger partial charge is 0.0221 e. The molecule has 18 heavy (non-hydrogen) atoms. The standard InChI is InChI=1S/C16H34N2/c1-5-7-8-9-11-18-13-16(14(3)4)17-12-15(18)10-6-2/h14-17H,5-13H2,1-4H3. The van der Waals surface area contributed by atoms with Crippen molar-refractivity contribution in [2.45, 2.75) is 78.3 Å². The van der Waals surface area contributed by atoms with E-state index in [0.717, 1.165) is 12.0 Å². The zero-order chi connectivity index (χ0) is 13.4. The van der Waals surface area contributed by atoms with Crippen LogP contribution in [-0.4, -0.2) is 36.6 Å². The van der Waals surface area contributed by atoms with Crippen molar-refractivity contribution in [3.63, 3.8) is 0 Å². The Morgan fingerprint density at radius 1 is 1.11 bits per heavy atom. The van der Waals surface area contributed by atoms with Gasteiger partial charge in [-0.2, -0.15) is 0 Å². The Balaban J connectivity index is 2.39. The zero-order valence-electron chi connectivity index (χ0n) is 13.0. The monoisotopic (exact) mass is 254 g/mol. The van der Waals surface area contributed by atoms with Crippen LogP contribution in [0.3, 0.4) is 0 Å². The summed E-state index contributed by atoms with van der Waals surface area (Å²) in [6.07, 6.45) is 8.20. The Hall–Kier alpha value is -0.0800. The molecule has 2 atom stereocenters. The summed E-state index contributed by atoms with van der Waals surface area (Å²) in [6, 6.07) is 1.48. The lowest BCUT2D eigenvalue weighted by Gasteiger charge is -2.42. The Labute approximate surface area is 115 Å². The van der Waals surface area contributed by atoms with Gasteiger partial charge in [0.25, 0.3) is 0 Å². The summed E-state index contributed by atoms with van der Waals surface area (Å²) >= 11 is 0. The minimum Gasteiger partial charge on any atom is -0.311 e. The van der Waals surface area contributed by atoms with E-state index in [2.05, 4.69) is 37.9 Å². The summed E-state index contributed by atoms with van der Waals surface area (Å²) in [5, 5.41) is 3.74. The van der Waals surface area contributed by atoms with Crippen LogP contribution in [0.2, 0.25) is 0 Å². The van der Waals surface area contributed by atoms with Gasteiger partial charge in [-0.05, 0) is 25.3 Å². The van der Waals surface area contributed by atoms with E-state index in [0.29, 0.717) is 6.04 Å². The second-order valence-electron chi connectivity index (χ2n) is 6.26. The van der Waals surface area contributed by atoms with Crippen molar-refractivity contribution in [3.8, 4) is 0 Å². The molecule has 0 aromatic carbocycles. The lowest BCUT2D eigenvalue weighted by atomic mass is 9.97. The molecule has 0 aliphatic carbocycles. The first kappa shape index (κ1) is 16.0. The Kier molecular flexibility index (Phi) is 7.92. The molecule has 1 fully saturated rings. The normalized spacial score (nSPS) is 25.8. The largest absolute Gasteiger partial charge is 0.311 e. The van der Waals surface area contributed by atoms with Crippen LogP contribution < -0.4 is 5.32 Å². The van der Waals surface area contributed by atoms with Gasteiger partial charge >= 0.3 is 0 Å². The van der Waals surface area contributed by atoms with E-state index >= 15 is 0 Å². The molecule has 1 saturated heterocycles. The van der Waals surface area contributed by atoms with E-state index < -0.39 is 0 Å². The van der Waals surface area contributed by atoms with Crippen molar-refractivity contribution < 1.29 is 0 Å². The predicted octanol–water partition coefficient (Wildman–Crippen LogP) is 3.67. The minimum atomic E-state index is 0.698. The highest BCUT2D eigenvalue weighted by atomic mass is 15.2. The third-order valence-corrected chi connectivity index (χ3v) is 4.29. The molecule has 2 heteroatoms. The number of hydrogen-bond acceptors (Lipinski definition) is 2. The molecule has 1 aliphatic heterocycles. The molecular weight excluding hydrogens is 220 g/mol. The molecular formula is C16H34N2. The second-order valence-corrected chi connectivity index (χ2v) is 6.26. The molecule has 108 valence electrons. The fraction of sp³-hybridized carbons (Fsp3) is 1.00.